The number of nitrogens with zero attached hydrogens (tertiary/aromatic N) is 2. The van der Waals surface area contributed by atoms with Gasteiger partial charge in [-0.3, -0.25) is 0 Å². The van der Waals surface area contributed by atoms with Crippen LogP contribution >= 0.6 is 11.8 Å². The highest BCUT2D eigenvalue weighted by atomic mass is 32.2. The summed E-state index contributed by atoms with van der Waals surface area (Å²) in [6.45, 7) is 4.40. The second-order valence-electron chi connectivity index (χ2n) is 7.11. The average Bonchev–Trinajstić information content (AvgIpc) is 3.38. The van der Waals surface area contributed by atoms with Crippen LogP contribution in [0.5, 0.6) is 11.5 Å². The maximum absolute atomic E-state index is 12.7. The summed E-state index contributed by atoms with van der Waals surface area (Å²) in [6.07, 6.45) is 4.23. The Labute approximate surface area is 180 Å². The Morgan fingerprint density at radius 2 is 1.83 bits per heavy atom. The number of carbonyl (C=O) groups excluding carboxylic acids is 1. The van der Waals surface area contributed by atoms with E-state index >= 15 is 0 Å². The highest BCUT2D eigenvalue weighted by molar-refractivity contribution is 7.98. The van der Waals surface area contributed by atoms with E-state index in [0.717, 1.165) is 28.9 Å². The number of carbonyl (C=O) groups is 1. The second kappa shape index (κ2) is 8.87. The number of ether oxygens (including phenoxy) is 1. The molecule has 0 fully saturated rings. The van der Waals surface area contributed by atoms with Gasteiger partial charge in [0.1, 0.15) is 16.5 Å². The molecule has 30 heavy (non-hydrogen) atoms. The summed E-state index contributed by atoms with van der Waals surface area (Å²) < 4.78 is 19.1. The maximum Gasteiger partial charge on any atom is 0.632 e. The minimum atomic E-state index is -0.450. The van der Waals surface area contributed by atoms with Gasteiger partial charge in [-0.1, -0.05) is 43.3 Å². The van der Waals surface area contributed by atoms with Crippen molar-refractivity contribution in [2.24, 2.45) is 0 Å². The largest absolute Gasteiger partial charge is 0.632 e. The highest BCUT2D eigenvalue weighted by Gasteiger charge is 2.33. The van der Waals surface area contributed by atoms with Crippen LogP contribution in [0.15, 0.2) is 59.9 Å². The number of para-hydroxylation sites is 2. The predicted molar refractivity (Wildman–Crippen MR) is 118 cm³/mol. The molecule has 0 amide bonds. The SMILES string of the molecule is CCC(C)OC(=O)c1c(SC)ncn1Cc1ccc(B2Oc3ccccc3O2)cc1. The Morgan fingerprint density at radius 3 is 2.43 bits per heavy atom. The zero-order valence-corrected chi connectivity index (χ0v) is 18.0. The van der Waals surface area contributed by atoms with E-state index in [1.54, 1.807) is 6.33 Å². The molecule has 3 aromatic rings. The predicted octanol–water partition coefficient (Wildman–Crippen LogP) is 3.78. The molecule has 0 saturated heterocycles. The van der Waals surface area contributed by atoms with Crippen molar-refractivity contribution < 1.29 is 18.8 Å². The van der Waals surface area contributed by atoms with Crippen LogP contribution in [0, 0.1) is 0 Å². The van der Waals surface area contributed by atoms with Gasteiger partial charge in [0.25, 0.3) is 0 Å². The summed E-state index contributed by atoms with van der Waals surface area (Å²) in [7, 11) is -0.450. The summed E-state index contributed by atoms with van der Waals surface area (Å²) in [4.78, 5) is 17.0. The molecular formula is C22H23BN2O4S. The monoisotopic (exact) mass is 422 g/mol. The first-order valence-electron chi connectivity index (χ1n) is 9.90. The van der Waals surface area contributed by atoms with Gasteiger partial charge in [0, 0.05) is 12.0 Å². The van der Waals surface area contributed by atoms with Crippen molar-refractivity contribution in [1.82, 2.24) is 9.55 Å². The molecule has 2 aromatic carbocycles. The average molecular weight is 422 g/mol. The third kappa shape index (κ3) is 4.19. The van der Waals surface area contributed by atoms with Crippen LogP contribution in [-0.4, -0.2) is 35.0 Å². The van der Waals surface area contributed by atoms with E-state index in [-0.39, 0.29) is 12.1 Å². The van der Waals surface area contributed by atoms with Crippen molar-refractivity contribution >= 4 is 30.3 Å². The van der Waals surface area contributed by atoms with E-state index in [4.69, 9.17) is 14.0 Å². The van der Waals surface area contributed by atoms with Crippen molar-refractivity contribution in [1.29, 1.82) is 0 Å². The molecule has 2 heterocycles. The molecule has 0 bridgehead atoms. The van der Waals surface area contributed by atoms with Gasteiger partial charge in [-0.2, -0.15) is 0 Å². The number of thioether (sulfide) groups is 1. The summed E-state index contributed by atoms with van der Waals surface area (Å²) >= 11 is 1.44. The lowest BCUT2D eigenvalue weighted by Crippen LogP contribution is -2.38. The number of aromatic nitrogens is 2. The first-order chi connectivity index (χ1) is 14.6. The summed E-state index contributed by atoms with van der Waals surface area (Å²) in [5, 5.41) is 0.672. The molecule has 0 aliphatic carbocycles. The lowest BCUT2D eigenvalue weighted by atomic mass is 9.79. The van der Waals surface area contributed by atoms with Gasteiger partial charge in [-0.05, 0) is 37.3 Å². The van der Waals surface area contributed by atoms with Crippen molar-refractivity contribution in [2.75, 3.05) is 6.26 Å². The standard InChI is InChI=1S/C22H23BN2O4S/c1-4-15(2)27-22(26)20-21(30-3)24-14-25(20)13-16-9-11-17(12-10-16)23-28-18-7-5-6-8-19(18)29-23/h5-12,14-15H,4,13H2,1-3H3. The molecule has 6 nitrogen and oxygen atoms in total. The number of hydrogen-bond acceptors (Lipinski definition) is 6. The molecule has 1 aliphatic rings. The molecule has 4 rings (SSSR count). The van der Waals surface area contributed by atoms with E-state index < -0.39 is 7.12 Å². The molecule has 0 N–H and O–H groups in total. The van der Waals surface area contributed by atoms with E-state index in [1.807, 2.05) is 73.2 Å². The van der Waals surface area contributed by atoms with Crippen molar-refractivity contribution in [2.45, 2.75) is 37.9 Å². The van der Waals surface area contributed by atoms with Gasteiger partial charge < -0.3 is 18.6 Å². The van der Waals surface area contributed by atoms with Gasteiger partial charge in [-0.15, -0.1) is 11.8 Å². The number of imidazole rings is 1. The van der Waals surface area contributed by atoms with Crippen LogP contribution < -0.4 is 14.8 Å². The fourth-order valence-corrected chi connectivity index (χ4v) is 3.72. The smallest absolute Gasteiger partial charge is 0.519 e. The highest BCUT2D eigenvalue weighted by Crippen LogP contribution is 2.32. The molecule has 1 aliphatic heterocycles. The fraction of sp³-hybridized carbons (Fsp3) is 0.273. The van der Waals surface area contributed by atoms with Crippen molar-refractivity contribution in [3.8, 4) is 11.5 Å². The van der Waals surface area contributed by atoms with Gasteiger partial charge >= 0.3 is 13.1 Å². The zero-order chi connectivity index (χ0) is 21.1. The molecule has 0 radical (unpaired) electrons. The van der Waals surface area contributed by atoms with Crippen molar-refractivity contribution in [3.05, 3.63) is 66.1 Å². The van der Waals surface area contributed by atoms with Crippen LogP contribution in [0.4, 0.5) is 0 Å². The Kier molecular flexibility index (Phi) is 6.04. The Balaban J connectivity index is 1.49. The first-order valence-corrected chi connectivity index (χ1v) is 11.1. The van der Waals surface area contributed by atoms with Crippen LogP contribution in [0.1, 0.15) is 36.3 Å². The van der Waals surface area contributed by atoms with Crippen molar-refractivity contribution in [3.63, 3.8) is 0 Å². The third-order valence-corrected chi connectivity index (χ3v) is 5.68. The first kappa shape index (κ1) is 20.4. The number of esters is 1. The van der Waals surface area contributed by atoms with Crippen LogP contribution in [0.2, 0.25) is 0 Å². The molecule has 8 heteroatoms. The van der Waals surface area contributed by atoms with E-state index in [1.165, 1.54) is 11.8 Å². The maximum atomic E-state index is 12.7. The summed E-state index contributed by atoms with van der Waals surface area (Å²) in [6, 6.07) is 15.6. The molecule has 1 unspecified atom stereocenters. The second-order valence-corrected chi connectivity index (χ2v) is 7.91. The molecule has 1 aromatic heterocycles. The minimum Gasteiger partial charge on any atom is -0.519 e. The normalized spacial score (nSPS) is 13.4. The quantitative estimate of drug-likeness (QED) is 0.328. The molecule has 0 saturated carbocycles. The topological polar surface area (TPSA) is 62.6 Å². The third-order valence-electron chi connectivity index (χ3n) is 5.00. The van der Waals surface area contributed by atoms with E-state index in [9.17, 15) is 4.79 Å². The zero-order valence-electron chi connectivity index (χ0n) is 17.2. The molecule has 1 atom stereocenters. The Bertz CT molecular complexity index is 1010. The Hall–Kier alpha value is -2.87. The minimum absolute atomic E-state index is 0.134. The lowest BCUT2D eigenvalue weighted by Gasteiger charge is -2.13. The number of hydrogen-bond donors (Lipinski definition) is 0. The van der Waals surface area contributed by atoms with Gasteiger partial charge in [0.2, 0.25) is 0 Å². The van der Waals surface area contributed by atoms with Gasteiger partial charge in [0.15, 0.2) is 5.69 Å². The summed E-state index contributed by atoms with van der Waals surface area (Å²) in [5.74, 6) is 1.16. The van der Waals surface area contributed by atoms with Gasteiger partial charge in [0.05, 0.1) is 12.4 Å². The van der Waals surface area contributed by atoms with Crippen LogP contribution in [0.25, 0.3) is 0 Å². The van der Waals surface area contributed by atoms with E-state index in [0.29, 0.717) is 17.3 Å². The summed E-state index contributed by atoms with van der Waals surface area (Å²) in [5.41, 5.74) is 2.46. The number of fused-ring (bicyclic) bond motifs is 1. The Morgan fingerprint density at radius 1 is 1.17 bits per heavy atom. The number of rotatable bonds is 7. The van der Waals surface area contributed by atoms with Crippen LogP contribution in [0.3, 0.4) is 0 Å². The van der Waals surface area contributed by atoms with E-state index in [2.05, 4.69) is 4.98 Å². The number of benzene rings is 2. The molecule has 154 valence electrons. The fourth-order valence-electron chi connectivity index (χ4n) is 3.17. The van der Waals surface area contributed by atoms with Crippen LogP contribution in [-0.2, 0) is 11.3 Å². The van der Waals surface area contributed by atoms with Gasteiger partial charge in [-0.25, -0.2) is 9.78 Å². The lowest BCUT2D eigenvalue weighted by molar-refractivity contribution is 0.0317. The molecule has 0 spiro atoms. The molecular weight excluding hydrogens is 399 g/mol.